The number of nitrogens with one attached hydrogen (secondary N) is 1. The molecule has 2 amide bonds. The average molecular weight is 623 g/mol. The molecule has 0 radical (unpaired) electrons. The molecule has 6 aliphatic carbocycles. The fourth-order valence-electron chi connectivity index (χ4n) is 10.4. The molecule has 9 heteroatoms. The van der Waals surface area contributed by atoms with E-state index in [2.05, 4.69) is 19.2 Å². The van der Waals surface area contributed by atoms with Gasteiger partial charge in [-0.25, -0.2) is 0 Å². The molecule has 1 heterocycles. The molecule has 10 unspecified atom stereocenters. The Kier molecular flexibility index (Phi) is 8.18. The van der Waals surface area contributed by atoms with Crippen LogP contribution in [0.1, 0.15) is 82.3 Å². The van der Waals surface area contributed by atoms with Crippen LogP contribution in [-0.2, 0) is 16.2 Å². The van der Waals surface area contributed by atoms with E-state index in [0.717, 1.165) is 31.1 Å². The first kappa shape index (κ1) is 31.0. The minimum atomic E-state index is -1.08. The number of hydrogen-bond donors (Lipinski definition) is 4. The van der Waals surface area contributed by atoms with Crippen LogP contribution in [-0.4, -0.2) is 77.1 Å². The fraction of sp³-hybridized carbons (Fsp3) is 0.722. The van der Waals surface area contributed by atoms with Gasteiger partial charge in [-0.1, -0.05) is 20.3 Å². The smallest absolute Gasteiger partial charge is 0.247 e. The van der Waals surface area contributed by atoms with E-state index in [4.69, 9.17) is 9.47 Å². The zero-order chi connectivity index (χ0) is 31.6. The summed E-state index contributed by atoms with van der Waals surface area (Å²) in [5, 5.41) is 34.4. The maximum absolute atomic E-state index is 14.5. The van der Waals surface area contributed by atoms with Crippen molar-refractivity contribution in [2.45, 2.75) is 96.0 Å². The van der Waals surface area contributed by atoms with Gasteiger partial charge in [-0.05, 0) is 103 Å². The van der Waals surface area contributed by atoms with Crippen LogP contribution in [0.3, 0.4) is 0 Å². The van der Waals surface area contributed by atoms with E-state index >= 15 is 0 Å². The van der Waals surface area contributed by atoms with Crippen molar-refractivity contribution in [3.8, 4) is 11.5 Å². The number of carbonyl (C=O) groups is 2. The molecular weight excluding hydrogens is 572 g/mol. The zero-order valence-corrected chi connectivity index (χ0v) is 26.9. The maximum Gasteiger partial charge on any atom is 0.247 e. The maximum atomic E-state index is 14.5. The Labute approximate surface area is 266 Å². The molecule has 0 saturated heterocycles. The van der Waals surface area contributed by atoms with Crippen LogP contribution >= 0.6 is 0 Å². The molecule has 1 aromatic rings. The summed E-state index contributed by atoms with van der Waals surface area (Å²) in [5.41, 5.74) is 1.94. The lowest BCUT2D eigenvalue weighted by atomic mass is 9.45. The number of hydrogen-bond acceptors (Lipinski definition) is 7. The summed E-state index contributed by atoms with van der Waals surface area (Å²) in [4.78, 5) is 30.1. The number of methoxy groups -OCH3 is 1. The van der Waals surface area contributed by atoms with E-state index in [-0.39, 0.29) is 37.0 Å². The van der Waals surface area contributed by atoms with Crippen molar-refractivity contribution in [2.24, 2.45) is 40.9 Å². The molecule has 5 fully saturated rings. The van der Waals surface area contributed by atoms with Crippen LogP contribution in [0.15, 0.2) is 23.8 Å². The number of rotatable bonds is 10. The molecule has 1 aliphatic heterocycles. The molecule has 5 saturated carbocycles. The summed E-state index contributed by atoms with van der Waals surface area (Å²) in [6.07, 6.45) is 8.64. The second kappa shape index (κ2) is 11.9. The standard InChI is InChI=1S/C36H50N2O7/c1-36(2)24-7-6-22(27(36)15-24)17-38(30(41)14-23-11-19-4-5-21(23)10-19)28-16-26(35(43)37-8-9-39)31-25-12-20(18-40)13-29(44-3)33(25)45-34(31)32(28)42/h12-13,16,19,21-24,27-28,31-32,34,39-40,42H,4-11,14-15,17-18H2,1-3H3,(H,37,43). The molecule has 246 valence electrons. The lowest BCUT2D eigenvalue weighted by molar-refractivity contribution is -0.147. The molecule has 10 atom stereocenters. The lowest BCUT2D eigenvalue weighted by Gasteiger charge is -2.61. The van der Waals surface area contributed by atoms with E-state index in [1.54, 1.807) is 18.2 Å². The molecule has 9 nitrogen and oxygen atoms in total. The van der Waals surface area contributed by atoms with Gasteiger partial charge in [-0.3, -0.25) is 9.59 Å². The van der Waals surface area contributed by atoms with Crippen LogP contribution in [0.2, 0.25) is 0 Å². The molecule has 0 aromatic heterocycles. The number of fused-ring (bicyclic) bond motifs is 7. The Hall–Kier alpha value is -2.62. The Morgan fingerprint density at radius 1 is 1.09 bits per heavy atom. The average Bonchev–Trinajstić information content (AvgIpc) is 3.77. The van der Waals surface area contributed by atoms with E-state index in [9.17, 15) is 24.9 Å². The predicted molar refractivity (Wildman–Crippen MR) is 167 cm³/mol. The lowest BCUT2D eigenvalue weighted by Crippen LogP contribution is -2.60. The number of benzene rings is 1. The van der Waals surface area contributed by atoms with E-state index in [0.29, 0.717) is 64.8 Å². The van der Waals surface area contributed by atoms with E-state index in [1.165, 1.54) is 32.8 Å². The normalized spacial score (nSPS) is 36.7. The van der Waals surface area contributed by atoms with Gasteiger partial charge in [-0.2, -0.15) is 0 Å². The van der Waals surface area contributed by atoms with Crippen molar-refractivity contribution in [3.63, 3.8) is 0 Å². The predicted octanol–water partition coefficient (Wildman–Crippen LogP) is 3.54. The van der Waals surface area contributed by atoms with Crippen molar-refractivity contribution in [1.82, 2.24) is 10.2 Å². The minimum Gasteiger partial charge on any atom is -0.493 e. The Morgan fingerprint density at radius 3 is 2.56 bits per heavy atom. The molecule has 8 rings (SSSR count). The summed E-state index contributed by atoms with van der Waals surface area (Å²) in [6.45, 7) is 4.95. The van der Waals surface area contributed by atoms with Crippen molar-refractivity contribution in [1.29, 1.82) is 0 Å². The number of ether oxygens (including phenoxy) is 2. The number of aliphatic hydroxyl groups excluding tert-OH is 3. The Balaban J connectivity index is 1.26. The summed E-state index contributed by atoms with van der Waals surface area (Å²) in [5.74, 6) is 3.30. The number of aliphatic hydroxyl groups is 3. The van der Waals surface area contributed by atoms with Gasteiger partial charge >= 0.3 is 0 Å². The summed E-state index contributed by atoms with van der Waals surface area (Å²) in [7, 11) is 1.53. The monoisotopic (exact) mass is 622 g/mol. The van der Waals surface area contributed by atoms with E-state index in [1.807, 2.05) is 4.90 Å². The van der Waals surface area contributed by atoms with Crippen LogP contribution < -0.4 is 14.8 Å². The van der Waals surface area contributed by atoms with Gasteiger partial charge in [0.25, 0.3) is 0 Å². The van der Waals surface area contributed by atoms with Crippen molar-refractivity contribution >= 4 is 11.8 Å². The van der Waals surface area contributed by atoms with Gasteiger partial charge in [0.05, 0.1) is 32.3 Å². The number of nitrogens with zero attached hydrogens (tertiary/aromatic N) is 1. The highest BCUT2D eigenvalue weighted by atomic mass is 16.5. The van der Waals surface area contributed by atoms with E-state index < -0.39 is 24.2 Å². The van der Waals surface area contributed by atoms with Crippen molar-refractivity contribution in [2.75, 3.05) is 26.8 Å². The minimum absolute atomic E-state index is 0.0660. The van der Waals surface area contributed by atoms with Gasteiger partial charge in [0.2, 0.25) is 11.8 Å². The zero-order valence-electron chi connectivity index (χ0n) is 26.9. The highest BCUT2D eigenvalue weighted by Crippen LogP contribution is 2.62. The first-order valence-electron chi connectivity index (χ1n) is 17.2. The van der Waals surface area contributed by atoms with Crippen molar-refractivity contribution < 1.29 is 34.4 Å². The largest absolute Gasteiger partial charge is 0.493 e. The van der Waals surface area contributed by atoms with Crippen LogP contribution in [0.25, 0.3) is 0 Å². The van der Waals surface area contributed by atoms with Gasteiger partial charge in [0.1, 0.15) is 12.2 Å². The molecule has 4 bridgehead atoms. The second-order valence-corrected chi connectivity index (χ2v) is 15.4. The first-order chi connectivity index (χ1) is 21.6. The highest BCUT2D eigenvalue weighted by molar-refractivity contribution is 5.96. The van der Waals surface area contributed by atoms with Crippen molar-refractivity contribution in [3.05, 3.63) is 34.9 Å². The number of amides is 2. The van der Waals surface area contributed by atoms with Crippen LogP contribution in [0, 0.1) is 40.9 Å². The van der Waals surface area contributed by atoms with Gasteiger partial charge in [0.15, 0.2) is 11.5 Å². The molecule has 7 aliphatic rings. The summed E-state index contributed by atoms with van der Waals surface area (Å²) < 4.78 is 12.1. The topological polar surface area (TPSA) is 129 Å². The third-order valence-corrected chi connectivity index (χ3v) is 12.9. The molecule has 0 spiro atoms. The molecular formula is C36H50N2O7. The van der Waals surface area contributed by atoms with Gasteiger partial charge in [0, 0.05) is 30.6 Å². The SMILES string of the molecule is COc1cc(CO)cc2c1OC1C2C(C(=O)NCCO)=CC(N(CC2CCC3CC2C3(C)C)C(=O)CC2CC3CCC2C3)C1O. The molecule has 4 N–H and O–H groups in total. The summed E-state index contributed by atoms with van der Waals surface area (Å²) >= 11 is 0. The van der Waals surface area contributed by atoms with Gasteiger partial charge in [-0.15, -0.1) is 0 Å². The highest BCUT2D eigenvalue weighted by Gasteiger charge is 2.56. The second-order valence-electron chi connectivity index (χ2n) is 15.4. The van der Waals surface area contributed by atoms with Crippen LogP contribution in [0.4, 0.5) is 0 Å². The first-order valence-corrected chi connectivity index (χ1v) is 17.2. The Morgan fingerprint density at radius 2 is 1.91 bits per heavy atom. The quantitative estimate of drug-likeness (QED) is 0.314. The third kappa shape index (κ3) is 5.17. The molecule has 45 heavy (non-hydrogen) atoms. The fourth-order valence-corrected chi connectivity index (χ4v) is 10.4. The van der Waals surface area contributed by atoms with Crippen LogP contribution in [0.5, 0.6) is 11.5 Å². The van der Waals surface area contributed by atoms with Gasteiger partial charge < -0.3 is 35.0 Å². The molecule has 1 aromatic carbocycles. The number of carbonyl (C=O) groups excluding carboxylic acids is 2. The summed E-state index contributed by atoms with van der Waals surface area (Å²) in [6, 6.07) is 2.78. The third-order valence-electron chi connectivity index (χ3n) is 12.9. The Bertz CT molecular complexity index is 1360.